The Bertz CT molecular complexity index is 617. The second-order valence-corrected chi connectivity index (χ2v) is 5.43. The number of nitro groups is 1. The van der Waals surface area contributed by atoms with Gasteiger partial charge < -0.3 is 9.88 Å². The summed E-state index contributed by atoms with van der Waals surface area (Å²) in [5.74, 6) is 0. The van der Waals surface area contributed by atoms with Gasteiger partial charge in [-0.25, -0.2) is 4.98 Å². The number of imidazole rings is 1. The van der Waals surface area contributed by atoms with E-state index in [0.717, 1.165) is 30.8 Å². The standard InChI is InChI=1S/C15H18N4O2/c20-19(21)15-5-1-12(2-6-15)7-8-18-10-14(17-11-18)9-16-13-3-4-13/h1-2,5-6,10-11,13,16H,3-4,7-9H2. The van der Waals surface area contributed by atoms with Gasteiger partial charge in [0, 0.05) is 37.5 Å². The SMILES string of the molecule is O=[N+]([O-])c1ccc(CCn2cnc(CNC3CC3)c2)cc1. The molecule has 1 aromatic carbocycles. The Balaban J connectivity index is 1.50. The van der Waals surface area contributed by atoms with Gasteiger partial charge in [0.1, 0.15) is 0 Å². The predicted octanol–water partition coefficient (Wildman–Crippen LogP) is 2.29. The first-order valence-electron chi connectivity index (χ1n) is 7.18. The number of nitro benzene ring substituents is 1. The smallest absolute Gasteiger partial charge is 0.269 e. The Kier molecular flexibility index (Phi) is 3.96. The average molecular weight is 286 g/mol. The van der Waals surface area contributed by atoms with Gasteiger partial charge in [0.25, 0.3) is 5.69 Å². The minimum atomic E-state index is -0.376. The number of aryl methyl sites for hydroxylation is 2. The molecule has 0 radical (unpaired) electrons. The van der Waals surface area contributed by atoms with Crippen LogP contribution in [-0.4, -0.2) is 20.5 Å². The van der Waals surface area contributed by atoms with Crippen LogP contribution in [0.5, 0.6) is 0 Å². The maximum atomic E-state index is 10.6. The van der Waals surface area contributed by atoms with Crippen LogP contribution in [0.25, 0.3) is 0 Å². The molecule has 0 saturated heterocycles. The Labute approximate surface area is 123 Å². The van der Waals surface area contributed by atoms with E-state index >= 15 is 0 Å². The minimum Gasteiger partial charge on any atom is -0.337 e. The minimum absolute atomic E-state index is 0.134. The highest BCUT2D eigenvalue weighted by atomic mass is 16.6. The fraction of sp³-hybridized carbons (Fsp3) is 0.400. The van der Waals surface area contributed by atoms with E-state index in [-0.39, 0.29) is 10.6 Å². The highest BCUT2D eigenvalue weighted by molar-refractivity contribution is 5.32. The third-order valence-corrected chi connectivity index (χ3v) is 3.64. The van der Waals surface area contributed by atoms with E-state index in [1.54, 1.807) is 12.1 Å². The second kappa shape index (κ2) is 6.05. The van der Waals surface area contributed by atoms with Gasteiger partial charge in [-0.3, -0.25) is 10.1 Å². The zero-order valence-electron chi connectivity index (χ0n) is 11.7. The molecule has 6 heteroatoms. The van der Waals surface area contributed by atoms with Gasteiger partial charge in [-0.05, 0) is 24.8 Å². The van der Waals surface area contributed by atoms with Gasteiger partial charge in [-0.1, -0.05) is 12.1 Å². The summed E-state index contributed by atoms with van der Waals surface area (Å²) in [5, 5.41) is 14.0. The van der Waals surface area contributed by atoms with E-state index in [1.807, 2.05) is 18.5 Å². The molecule has 21 heavy (non-hydrogen) atoms. The van der Waals surface area contributed by atoms with Crippen molar-refractivity contribution in [3.63, 3.8) is 0 Å². The highest BCUT2D eigenvalue weighted by Crippen LogP contribution is 2.19. The summed E-state index contributed by atoms with van der Waals surface area (Å²) < 4.78 is 2.06. The van der Waals surface area contributed by atoms with E-state index in [1.165, 1.54) is 12.8 Å². The van der Waals surface area contributed by atoms with Gasteiger partial charge in [0.05, 0.1) is 16.9 Å². The van der Waals surface area contributed by atoms with Gasteiger partial charge in [-0.15, -0.1) is 0 Å². The molecule has 0 bridgehead atoms. The fourth-order valence-corrected chi connectivity index (χ4v) is 2.20. The molecular weight excluding hydrogens is 268 g/mol. The molecule has 0 aliphatic heterocycles. The average Bonchev–Trinajstić information content (AvgIpc) is 3.21. The van der Waals surface area contributed by atoms with Crippen LogP contribution in [0, 0.1) is 10.1 Å². The first-order chi connectivity index (χ1) is 10.2. The third kappa shape index (κ3) is 3.88. The number of nitrogens with one attached hydrogen (secondary N) is 1. The number of rotatable bonds is 7. The number of hydrogen-bond acceptors (Lipinski definition) is 4. The Morgan fingerprint density at radius 3 is 2.76 bits per heavy atom. The fourth-order valence-electron chi connectivity index (χ4n) is 2.20. The molecule has 0 unspecified atom stereocenters. The summed E-state index contributed by atoms with van der Waals surface area (Å²) in [7, 11) is 0. The summed E-state index contributed by atoms with van der Waals surface area (Å²) in [6, 6.07) is 7.41. The first kappa shape index (κ1) is 13.8. The topological polar surface area (TPSA) is 73.0 Å². The predicted molar refractivity (Wildman–Crippen MR) is 78.9 cm³/mol. The Hall–Kier alpha value is -2.21. The lowest BCUT2D eigenvalue weighted by atomic mass is 10.1. The molecule has 1 fully saturated rings. The van der Waals surface area contributed by atoms with Crippen LogP contribution in [0.3, 0.4) is 0 Å². The lowest BCUT2D eigenvalue weighted by Gasteiger charge is -2.02. The summed E-state index contributed by atoms with van der Waals surface area (Å²) in [4.78, 5) is 14.6. The molecule has 1 aliphatic carbocycles. The van der Waals surface area contributed by atoms with Crippen molar-refractivity contribution in [1.82, 2.24) is 14.9 Å². The molecule has 1 heterocycles. The van der Waals surface area contributed by atoms with Crippen LogP contribution in [0.4, 0.5) is 5.69 Å². The highest BCUT2D eigenvalue weighted by Gasteiger charge is 2.20. The molecule has 1 aliphatic rings. The largest absolute Gasteiger partial charge is 0.337 e. The van der Waals surface area contributed by atoms with Crippen molar-refractivity contribution >= 4 is 5.69 Å². The molecule has 3 rings (SSSR count). The molecule has 0 amide bonds. The maximum Gasteiger partial charge on any atom is 0.269 e. The molecule has 1 N–H and O–H groups in total. The zero-order valence-corrected chi connectivity index (χ0v) is 11.7. The summed E-state index contributed by atoms with van der Waals surface area (Å²) in [5.41, 5.74) is 2.28. The Morgan fingerprint density at radius 1 is 1.33 bits per heavy atom. The van der Waals surface area contributed by atoms with Gasteiger partial charge >= 0.3 is 0 Å². The van der Waals surface area contributed by atoms with E-state index < -0.39 is 0 Å². The number of benzene rings is 1. The molecule has 1 saturated carbocycles. The van der Waals surface area contributed by atoms with Crippen molar-refractivity contribution < 1.29 is 4.92 Å². The molecule has 110 valence electrons. The van der Waals surface area contributed by atoms with Crippen LogP contribution in [0.2, 0.25) is 0 Å². The third-order valence-electron chi connectivity index (χ3n) is 3.64. The molecular formula is C15H18N4O2. The van der Waals surface area contributed by atoms with Crippen molar-refractivity contribution in [3.05, 3.63) is 58.2 Å². The van der Waals surface area contributed by atoms with Crippen LogP contribution < -0.4 is 5.32 Å². The number of aromatic nitrogens is 2. The summed E-state index contributed by atoms with van der Waals surface area (Å²) in [6.45, 7) is 1.66. The lowest BCUT2D eigenvalue weighted by molar-refractivity contribution is -0.384. The van der Waals surface area contributed by atoms with Crippen molar-refractivity contribution in [2.24, 2.45) is 0 Å². The van der Waals surface area contributed by atoms with E-state index in [2.05, 4.69) is 21.1 Å². The first-order valence-corrected chi connectivity index (χ1v) is 7.18. The van der Waals surface area contributed by atoms with Gasteiger partial charge in [-0.2, -0.15) is 0 Å². The Morgan fingerprint density at radius 2 is 2.10 bits per heavy atom. The van der Waals surface area contributed by atoms with E-state index in [9.17, 15) is 10.1 Å². The number of hydrogen-bond donors (Lipinski definition) is 1. The quantitative estimate of drug-likeness (QED) is 0.626. The number of non-ortho nitro benzene ring substituents is 1. The van der Waals surface area contributed by atoms with E-state index in [4.69, 9.17) is 0 Å². The molecule has 6 nitrogen and oxygen atoms in total. The van der Waals surface area contributed by atoms with Crippen molar-refractivity contribution in [1.29, 1.82) is 0 Å². The van der Waals surface area contributed by atoms with E-state index in [0.29, 0.717) is 6.04 Å². The zero-order chi connectivity index (χ0) is 14.7. The normalized spacial score (nSPS) is 14.3. The molecule has 0 spiro atoms. The number of nitrogens with zero attached hydrogens (tertiary/aromatic N) is 3. The van der Waals surface area contributed by atoms with Crippen LogP contribution >= 0.6 is 0 Å². The van der Waals surface area contributed by atoms with Gasteiger partial charge in [0.2, 0.25) is 0 Å². The van der Waals surface area contributed by atoms with Crippen molar-refractivity contribution in [2.75, 3.05) is 0 Å². The van der Waals surface area contributed by atoms with Crippen LogP contribution in [0.1, 0.15) is 24.1 Å². The molecule has 0 atom stereocenters. The summed E-state index contributed by atoms with van der Waals surface area (Å²) in [6.07, 6.45) is 7.29. The molecule has 2 aromatic rings. The second-order valence-electron chi connectivity index (χ2n) is 5.43. The summed E-state index contributed by atoms with van der Waals surface area (Å²) >= 11 is 0. The molecule has 1 aromatic heterocycles. The van der Waals surface area contributed by atoms with Crippen molar-refractivity contribution in [3.8, 4) is 0 Å². The lowest BCUT2D eigenvalue weighted by Crippen LogP contribution is -2.15. The van der Waals surface area contributed by atoms with Crippen LogP contribution in [-0.2, 0) is 19.5 Å². The van der Waals surface area contributed by atoms with Gasteiger partial charge in [0.15, 0.2) is 0 Å². The van der Waals surface area contributed by atoms with Crippen molar-refractivity contribution in [2.45, 2.75) is 38.4 Å². The van der Waals surface area contributed by atoms with Crippen LogP contribution in [0.15, 0.2) is 36.8 Å². The maximum absolute atomic E-state index is 10.6. The monoisotopic (exact) mass is 286 g/mol.